The molecule has 7 nitrogen and oxygen atoms in total. The maximum atomic E-state index is 12.6. The van der Waals surface area contributed by atoms with Crippen molar-refractivity contribution in [3.63, 3.8) is 0 Å². The van der Waals surface area contributed by atoms with Crippen LogP contribution in [0.1, 0.15) is 12.5 Å². The standard InChI is InChI=1S/C18H20F3N3O4S2/c1-4-28-14-7-6-13(9-15(14)30(26,27)24(2)3)23-16(25)11-29-17-8-5-12(10-22-17)18(19,20)21/h5-10H,4,11H2,1-3H3,(H,23,25). The Bertz CT molecular complexity index is 995. The molecule has 1 aromatic carbocycles. The summed E-state index contributed by atoms with van der Waals surface area (Å²) in [4.78, 5) is 15.8. The number of nitrogens with one attached hydrogen (secondary N) is 1. The van der Waals surface area contributed by atoms with Crippen LogP contribution in [-0.2, 0) is 21.0 Å². The van der Waals surface area contributed by atoms with E-state index < -0.39 is 27.7 Å². The number of thioether (sulfide) groups is 1. The van der Waals surface area contributed by atoms with Crippen molar-refractivity contribution >= 4 is 33.4 Å². The van der Waals surface area contributed by atoms with Gasteiger partial charge in [0.1, 0.15) is 10.6 Å². The maximum absolute atomic E-state index is 12.6. The van der Waals surface area contributed by atoms with Crippen LogP contribution in [0.2, 0.25) is 0 Å². The first-order valence-electron chi connectivity index (χ1n) is 8.60. The summed E-state index contributed by atoms with van der Waals surface area (Å²) in [5.74, 6) is -0.437. The lowest BCUT2D eigenvalue weighted by Gasteiger charge is -2.16. The van der Waals surface area contributed by atoms with Gasteiger partial charge in [0.2, 0.25) is 15.9 Å². The number of carbonyl (C=O) groups is 1. The van der Waals surface area contributed by atoms with E-state index >= 15 is 0 Å². The molecule has 0 bridgehead atoms. The highest BCUT2D eigenvalue weighted by Crippen LogP contribution is 2.30. The van der Waals surface area contributed by atoms with Crippen LogP contribution in [-0.4, -0.2) is 50.1 Å². The van der Waals surface area contributed by atoms with Gasteiger partial charge in [-0.15, -0.1) is 0 Å². The molecule has 0 radical (unpaired) electrons. The van der Waals surface area contributed by atoms with Crippen molar-refractivity contribution in [2.75, 3.05) is 31.8 Å². The van der Waals surface area contributed by atoms with E-state index in [2.05, 4.69) is 10.3 Å². The second kappa shape index (κ2) is 9.67. The predicted octanol–water partition coefficient (Wildman–Crippen LogP) is 3.48. The Morgan fingerprint density at radius 2 is 1.93 bits per heavy atom. The summed E-state index contributed by atoms with van der Waals surface area (Å²) in [7, 11) is -1.05. The summed E-state index contributed by atoms with van der Waals surface area (Å²) in [6.45, 7) is 1.98. The molecule has 0 aliphatic heterocycles. The molecule has 164 valence electrons. The number of hydrogen-bond acceptors (Lipinski definition) is 6. The first-order chi connectivity index (χ1) is 13.9. The molecule has 0 spiro atoms. The molecule has 0 saturated carbocycles. The predicted molar refractivity (Wildman–Crippen MR) is 107 cm³/mol. The third-order valence-corrected chi connectivity index (χ3v) is 6.48. The Kier molecular flexibility index (Phi) is 7.72. The van der Waals surface area contributed by atoms with Crippen molar-refractivity contribution in [2.24, 2.45) is 0 Å². The molecule has 1 amide bonds. The van der Waals surface area contributed by atoms with Gasteiger partial charge in [-0.3, -0.25) is 4.79 Å². The topological polar surface area (TPSA) is 88.6 Å². The molecular formula is C18H20F3N3O4S2. The maximum Gasteiger partial charge on any atom is 0.417 e. The van der Waals surface area contributed by atoms with E-state index in [1.54, 1.807) is 6.92 Å². The number of alkyl halides is 3. The number of hydrogen-bond donors (Lipinski definition) is 1. The van der Waals surface area contributed by atoms with Crippen LogP contribution in [0, 0.1) is 0 Å². The molecule has 0 saturated heterocycles. The summed E-state index contributed by atoms with van der Waals surface area (Å²) >= 11 is 0.951. The summed E-state index contributed by atoms with van der Waals surface area (Å²) in [5, 5.41) is 2.81. The molecule has 2 rings (SSSR count). The molecule has 1 N–H and O–H groups in total. The minimum atomic E-state index is -4.48. The molecule has 1 heterocycles. The lowest BCUT2D eigenvalue weighted by atomic mass is 10.3. The Morgan fingerprint density at radius 3 is 2.47 bits per heavy atom. The quantitative estimate of drug-likeness (QED) is 0.603. The Balaban J connectivity index is 2.09. The fraction of sp³-hybridized carbons (Fsp3) is 0.333. The van der Waals surface area contributed by atoms with E-state index in [0.29, 0.717) is 6.20 Å². The smallest absolute Gasteiger partial charge is 0.417 e. The molecule has 30 heavy (non-hydrogen) atoms. The number of amides is 1. The molecule has 0 fully saturated rings. The second-order valence-electron chi connectivity index (χ2n) is 6.10. The summed E-state index contributed by atoms with van der Waals surface area (Å²) in [6, 6.07) is 6.30. The first kappa shape index (κ1) is 24.0. The highest BCUT2D eigenvalue weighted by molar-refractivity contribution is 7.99. The van der Waals surface area contributed by atoms with E-state index in [9.17, 15) is 26.4 Å². The highest BCUT2D eigenvalue weighted by Gasteiger charge is 2.30. The number of rotatable bonds is 8. The lowest BCUT2D eigenvalue weighted by Crippen LogP contribution is -2.23. The minimum Gasteiger partial charge on any atom is -0.492 e. The SMILES string of the molecule is CCOc1ccc(NC(=O)CSc2ccc(C(F)(F)F)cn2)cc1S(=O)(=O)N(C)C. The van der Waals surface area contributed by atoms with Crippen LogP contribution in [0.5, 0.6) is 5.75 Å². The monoisotopic (exact) mass is 463 g/mol. The molecular weight excluding hydrogens is 443 g/mol. The van der Waals surface area contributed by atoms with Crippen LogP contribution in [0.4, 0.5) is 18.9 Å². The van der Waals surface area contributed by atoms with Gasteiger partial charge in [-0.25, -0.2) is 17.7 Å². The van der Waals surface area contributed by atoms with Gasteiger partial charge in [-0.1, -0.05) is 11.8 Å². The second-order valence-corrected chi connectivity index (χ2v) is 9.22. The van der Waals surface area contributed by atoms with Gasteiger partial charge in [0.15, 0.2) is 0 Å². The van der Waals surface area contributed by atoms with E-state index in [1.807, 2.05) is 0 Å². The van der Waals surface area contributed by atoms with E-state index in [4.69, 9.17) is 4.74 Å². The van der Waals surface area contributed by atoms with Crippen LogP contribution in [0.3, 0.4) is 0 Å². The number of aromatic nitrogens is 1. The van der Waals surface area contributed by atoms with E-state index in [0.717, 1.165) is 22.1 Å². The van der Waals surface area contributed by atoms with Crippen LogP contribution in [0.15, 0.2) is 46.5 Å². The van der Waals surface area contributed by atoms with Crippen LogP contribution in [0.25, 0.3) is 0 Å². The average molecular weight is 464 g/mol. The van der Waals surface area contributed by atoms with Crippen molar-refractivity contribution in [1.82, 2.24) is 9.29 Å². The average Bonchev–Trinajstić information content (AvgIpc) is 2.67. The number of halogens is 3. The molecule has 0 aliphatic carbocycles. The van der Waals surface area contributed by atoms with Gasteiger partial charge in [0.25, 0.3) is 0 Å². The highest BCUT2D eigenvalue weighted by atomic mass is 32.2. The van der Waals surface area contributed by atoms with Crippen LogP contribution >= 0.6 is 11.8 Å². The summed E-state index contributed by atoms with van der Waals surface area (Å²) in [5.41, 5.74) is -0.634. The zero-order valence-corrected chi connectivity index (χ0v) is 18.0. The Hall–Kier alpha value is -2.31. The molecule has 0 atom stereocenters. The molecule has 1 aromatic heterocycles. The molecule has 0 aliphatic rings. The van der Waals surface area contributed by atoms with E-state index in [1.165, 1.54) is 38.4 Å². The van der Waals surface area contributed by atoms with Crippen molar-refractivity contribution in [3.05, 3.63) is 42.1 Å². The summed E-state index contributed by atoms with van der Waals surface area (Å²) in [6.07, 6.45) is -3.78. The molecule has 2 aromatic rings. The molecule has 0 unspecified atom stereocenters. The van der Waals surface area contributed by atoms with Crippen LogP contribution < -0.4 is 10.1 Å². The van der Waals surface area contributed by atoms with Crippen molar-refractivity contribution in [3.8, 4) is 5.75 Å². The number of anilines is 1. The van der Waals surface area contributed by atoms with Gasteiger partial charge in [0, 0.05) is 26.0 Å². The largest absolute Gasteiger partial charge is 0.492 e. The first-order valence-corrected chi connectivity index (χ1v) is 11.0. The Morgan fingerprint density at radius 1 is 1.23 bits per heavy atom. The molecule has 12 heteroatoms. The number of nitrogens with zero attached hydrogens (tertiary/aromatic N) is 2. The third-order valence-electron chi connectivity index (χ3n) is 3.70. The Labute approximate surface area is 176 Å². The van der Waals surface area contributed by atoms with Gasteiger partial charge < -0.3 is 10.1 Å². The number of ether oxygens (including phenoxy) is 1. The fourth-order valence-corrected chi connectivity index (χ4v) is 3.92. The van der Waals surface area contributed by atoms with Crippen molar-refractivity contribution in [2.45, 2.75) is 23.0 Å². The lowest BCUT2D eigenvalue weighted by molar-refractivity contribution is -0.137. The van der Waals surface area contributed by atoms with Gasteiger partial charge in [-0.2, -0.15) is 13.2 Å². The number of sulfonamides is 1. The van der Waals surface area contributed by atoms with Crippen molar-refractivity contribution < 1.29 is 31.1 Å². The van der Waals surface area contributed by atoms with Gasteiger partial charge in [-0.05, 0) is 37.3 Å². The third kappa shape index (κ3) is 6.09. The van der Waals surface area contributed by atoms with Gasteiger partial charge in [0.05, 0.1) is 22.9 Å². The summed E-state index contributed by atoms with van der Waals surface area (Å²) < 4.78 is 69.1. The zero-order valence-electron chi connectivity index (χ0n) is 16.4. The number of carbonyl (C=O) groups excluding carboxylic acids is 1. The number of pyridine rings is 1. The van der Waals surface area contributed by atoms with E-state index in [-0.39, 0.29) is 33.7 Å². The van der Waals surface area contributed by atoms with Crippen molar-refractivity contribution in [1.29, 1.82) is 0 Å². The normalized spacial score (nSPS) is 12.1. The number of benzene rings is 1. The van der Waals surface area contributed by atoms with Gasteiger partial charge >= 0.3 is 6.18 Å². The minimum absolute atomic E-state index is 0.0933. The zero-order chi connectivity index (χ0) is 22.5. The fourth-order valence-electron chi connectivity index (χ4n) is 2.23.